The van der Waals surface area contributed by atoms with Crippen molar-refractivity contribution in [1.82, 2.24) is 5.32 Å². The van der Waals surface area contributed by atoms with Gasteiger partial charge in [0, 0.05) is 6.54 Å². The van der Waals surface area contributed by atoms with Crippen molar-refractivity contribution in [2.45, 2.75) is 45.8 Å². The Kier molecular flexibility index (Phi) is 7.65. The lowest BCUT2D eigenvalue weighted by Gasteiger charge is -2.19. The van der Waals surface area contributed by atoms with Crippen molar-refractivity contribution in [2.75, 3.05) is 13.7 Å². The summed E-state index contributed by atoms with van der Waals surface area (Å²) in [6, 6.07) is 14.9. The summed E-state index contributed by atoms with van der Waals surface area (Å²) in [5.41, 5.74) is 2.14. The molecule has 2 aromatic rings. The van der Waals surface area contributed by atoms with Gasteiger partial charge in [0.15, 0.2) is 12.7 Å². The number of amides is 1. The molecule has 0 saturated carbocycles. The molecule has 2 aromatic carbocycles. The molecule has 156 valence electrons. The molecular formula is C23H29NO5. The molecule has 6 nitrogen and oxygen atoms in total. The first-order chi connectivity index (χ1) is 13.7. The summed E-state index contributed by atoms with van der Waals surface area (Å²) in [5.74, 6) is 0.350. The van der Waals surface area contributed by atoms with E-state index in [1.54, 1.807) is 7.11 Å². The summed E-state index contributed by atoms with van der Waals surface area (Å²) in [7, 11) is 1.59. The van der Waals surface area contributed by atoms with E-state index >= 15 is 0 Å². The van der Waals surface area contributed by atoms with Gasteiger partial charge in [-0.15, -0.1) is 0 Å². The number of rotatable bonds is 8. The average Bonchev–Trinajstić information content (AvgIpc) is 2.70. The Hall–Kier alpha value is -3.02. The summed E-state index contributed by atoms with van der Waals surface area (Å²) in [5, 5.41) is 2.74. The van der Waals surface area contributed by atoms with E-state index in [4.69, 9.17) is 14.2 Å². The van der Waals surface area contributed by atoms with Gasteiger partial charge in [0.1, 0.15) is 11.5 Å². The molecule has 0 heterocycles. The van der Waals surface area contributed by atoms with Crippen molar-refractivity contribution in [2.24, 2.45) is 0 Å². The van der Waals surface area contributed by atoms with Crippen LogP contribution in [0.4, 0.5) is 0 Å². The molecule has 0 spiro atoms. The van der Waals surface area contributed by atoms with Crippen molar-refractivity contribution >= 4 is 11.9 Å². The van der Waals surface area contributed by atoms with E-state index in [0.717, 1.165) is 11.3 Å². The Bertz CT molecular complexity index is 807. The molecule has 0 saturated heterocycles. The quantitative estimate of drug-likeness (QED) is 0.687. The third-order valence-corrected chi connectivity index (χ3v) is 4.38. The van der Waals surface area contributed by atoms with Gasteiger partial charge in [-0.1, -0.05) is 45.0 Å². The van der Waals surface area contributed by atoms with Gasteiger partial charge in [-0.3, -0.25) is 4.79 Å². The third kappa shape index (κ3) is 7.14. The number of hydrogen-bond donors (Lipinski definition) is 1. The molecular weight excluding hydrogens is 370 g/mol. The Balaban J connectivity index is 1.75. The molecule has 1 atom stereocenters. The lowest BCUT2D eigenvalue weighted by atomic mass is 9.87. The Morgan fingerprint density at radius 1 is 0.966 bits per heavy atom. The summed E-state index contributed by atoms with van der Waals surface area (Å²) < 4.78 is 15.7. The van der Waals surface area contributed by atoms with Crippen molar-refractivity contribution in [3.63, 3.8) is 0 Å². The number of benzene rings is 2. The van der Waals surface area contributed by atoms with Crippen LogP contribution in [0.5, 0.6) is 11.5 Å². The molecule has 1 N–H and O–H groups in total. The predicted molar refractivity (Wildman–Crippen MR) is 111 cm³/mol. The number of carbonyl (C=O) groups excluding carboxylic acids is 2. The topological polar surface area (TPSA) is 73.9 Å². The van der Waals surface area contributed by atoms with Crippen LogP contribution in [0.2, 0.25) is 0 Å². The van der Waals surface area contributed by atoms with E-state index in [9.17, 15) is 9.59 Å². The first-order valence-electron chi connectivity index (χ1n) is 9.52. The molecule has 2 rings (SSSR count). The van der Waals surface area contributed by atoms with Gasteiger partial charge < -0.3 is 19.5 Å². The van der Waals surface area contributed by atoms with Gasteiger partial charge in [0.2, 0.25) is 0 Å². The first kappa shape index (κ1) is 22.3. The van der Waals surface area contributed by atoms with E-state index in [1.165, 1.54) is 12.5 Å². The fourth-order valence-electron chi connectivity index (χ4n) is 2.55. The largest absolute Gasteiger partial charge is 0.497 e. The summed E-state index contributed by atoms with van der Waals surface area (Å²) in [4.78, 5) is 24.1. The van der Waals surface area contributed by atoms with Crippen LogP contribution < -0.4 is 14.8 Å². The number of ether oxygens (including phenoxy) is 3. The van der Waals surface area contributed by atoms with Crippen molar-refractivity contribution in [1.29, 1.82) is 0 Å². The minimum absolute atomic E-state index is 0.0477. The van der Waals surface area contributed by atoms with Gasteiger partial charge in [-0.25, -0.2) is 4.79 Å². The van der Waals surface area contributed by atoms with E-state index in [2.05, 4.69) is 26.1 Å². The van der Waals surface area contributed by atoms with Crippen molar-refractivity contribution in [3.05, 3.63) is 59.7 Å². The number of esters is 1. The lowest BCUT2D eigenvalue weighted by molar-refractivity contribution is -0.156. The molecule has 6 heteroatoms. The van der Waals surface area contributed by atoms with Crippen molar-refractivity contribution < 1.29 is 23.8 Å². The average molecular weight is 399 g/mol. The minimum Gasteiger partial charge on any atom is -0.497 e. The van der Waals surface area contributed by atoms with E-state index < -0.39 is 12.1 Å². The normalized spacial score (nSPS) is 12.0. The fraction of sp³-hybridized carbons (Fsp3) is 0.391. The van der Waals surface area contributed by atoms with Gasteiger partial charge in [0.05, 0.1) is 7.11 Å². The van der Waals surface area contributed by atoms with Gasteiger partial charge >= 0.3 is 5.97 Å². The zero-order chi connectivity index (χ0) is 21.4. The maximum absolute atomic E-state index is 12.1. The standard InChI is InChI=1S/C23H29NO5/c1-16(22(26)24-14-17-6-10-19(27-5)11-7-17)29-21(25)15-28-20-12-8-18(9-13-20)23(2,3)4/h6-13,16H,14-15H2,1-5H3,(H,24,26)/t16-/m0/s1. The van der Waals surface area contributed by atoms with Crippen LogP contribution in [0.3, 0.4) is 0 Å². The molecule has 0 aliphatic rings. The monoisotopic (exact) mass is 399 g/mol. The Morgan fingerprint density at radius 2 is 1.55 bits per heavy atom. The molecule has 0 fully saturated rings. The van der Waals surface area contributed by atoms with Gasteiger partial charge in [-0.05, 0) is 47.7 Å². The first-order valence-corrected chi connectivity index (χ1v) is 9.52. The van der Waals surface area contributed by atoms with E-state index in [0.29, 0.717) is 12.3 Å². The highest BCUT2D eigenvalue weighted by Gasteiger charge is 2.18. The van der Waals surface area contributed by atoms with Crippen molar-refractivity contribution in [3.8, 4) is 11.5 Å². The van der Waals surface area contributed by atoms with Crippen LogP contribution in [0.25, 0.3) is 0 Å². The molecule has 29 heavy (non-hydrogen) atoms. The van der Waals surface area contributed by atoms with E-state index in [-0.39, 0.29) is 17.9 Å². The highest BCUT2D eigenvalue weighted by atomic mass is 16.6. The second-order valence-corrected chi connectivity index (χ2v) is 7.76. The summed E-state index contributed by atoms with van der Waals surface area (Å²) >= 11 is 0. The summed E-state index contributed by atoms with van der Waals surface area (Å²) in [6.07, 6.45) is -0.910. The van der Waals surface area contributed by atoms with Crippen LogP contribution in [0.1, 0.15) is 38.8 Å². The molecule has 0 radical (unpaired) electrons. The van der Waals surface area contributed by atoms with Crippen LogP contribution in [-0.2, 0) is 26.3 Å². The summed E-state index contributed by atoms with van der Waals surface area (Å²) in [6.45, 7) is 7.98. The zero-order valence-electron chi connectivity index (χ0n) is 17.7. The van der Waals surface area contributed by atoms with Crippen LogP contribution in [0.15, 0.2) is 48.5 Å². The number of carbonyl (C=O) groups is 2. The van der Waals surface area contributed by atoms with Crippen LogP contribution in [0, 0.1) is 0 Å². The van der Waals surface area contributed by atoms with Crippen LogP contribution in [-0.4, -0.2) is 31.7 Å². The maximum atomic E-state index is 12.1. The molecule has 0 bridgehead atoms. The highest BCUT2D eigenvalue weighted by Crippen LogP contribution is 2.24. The number of methoxy groups -OCH3 is 1. The second kappa shape index (κ2) is 9.96. The Morgan fingerprint density at radius 3 is 2.10 bits per heavy atom. The molecule has 0 aliphatic carbocycles. The molecule has 0 aromatic heterocycles. The minimum atomic E-state index is -0.910. The molecule has 0 unspecified atom stereocenters. The highest BCUT2D eigenvalue weighted by molar-refractivity contribution is 5.83. The predicted octanol–water partition coefficient (Wildman–Crippen LogP) is 3.62. The molecule has 1 amide bonds. The second-order valence-electron chi connectivity index (χ2n) is 7.76. The zero-order valence-corrected chi connectivity index (χ0v) is 17.7. The number of nitrogens with one attached hydrogen (secondary N) is 1. The smallest absolute Gasteiger partial charge is 0.344 e. The van der Waals surface area contributed by atoms with E-state index in [1.807, 2.05) is 48.5 Å². The maximum Gasteiger partial charge on any atom is 0.344 e. The fourth-order valence-corrected chi connectivity index (χ4v) is 2.55. The van der Waals surface area contributed by atoms with Gasteiger partial charge in [-0.2, -0.15) is 0 Å². The van der Waals surface area contributed by atoms with Gasteiger partial charge in [0.25, 0.3) is 5.91 Å². The Labute approximate surface area is 172 Å². The lowest BCUT2D eigenvalue weighted by Crippen LogP contribution is -2.36. The number of hydrogen-bond acceptors (Lipinski definition) is 5. The SMILES string of the molecule is COc1ccc(CNC(=O)[C@H](C)OC(=O)COc2ccc(C(C)(C)C)cc2)cc1. The third-order valence-electron chi connectivity index (χ3n) is 4.38. The molecule has 0 aliphatic heterocycles. The van der Waals surface area contributed by atoms with Crippen LogP contribution >= 0.6 is 0 Å².